The lowest BCUT2D eigenvalue weighted by Crippen LogP contribution is -2.31. The minimum atomic E-state index is -0.904. The van der Waals surface area contributed by atoms with E-state index in [-0.39, 0.29) is 63.9 Å². The molecule has 0 aliphatic heterocycles. The maximum absolute atomic E-state index is 12.5. The lowest BCUT2D eigenvalue weighted by molar-refractivity contribution is -0.140. The number of phenols is 3. The van der Waals surface area contributed by atoms with Crippen molar-refractivity contribution in [3.63, 3.8) is 0 Å². The highest BCUT2D eigenvalue weighted by Gasteiger charge is 2.27. The standard InChI is InChI=1S/C22H21NO8.ClH/c23-12-4-1-10(2-5-12)22(29)31-16-7-11(3-6-14(16)25)21-20(28)19(27)18-15(26)8-13(24)9-17(18)30-21;/h3,6-10,12,24-26,28H,1-2,4-5,23H2;1H. The number of rotatable bonds is 3. The number of hydrogen-bond acceptors (Lipinski definition) is 9. The third kappa shape index (κ3) is 4.30. The molecule has 10 heteroatoms. The molecule has 1 aliphatic rings. The van der Waals surface area contributed by atoms with Crippen molar-refractivity contribution in [1.29, 1.82) is 0 Å². The Labute approximate surface area is 188 Å². The number of nitrogens with two attached hydrogens (primary N) is 1. The molecule has 9 nitrogen and oxygen atoms in total. The van der Waals surface area contributed by atoms with Gasteiger partial charge in [-0.25, -0.2) is 0 Å². The summed E-state index contributed by atoms with van der Waals surface area (Å²) in [5, 5.41) is 39.8. The van der Waals surface area contributed by atoms with E-state index in [9.17, 15) is 30.0 Å². The highest BCUT2D eigenvalue weighted by Crippen LogP contribution is 2.38. The largest absolute Gasteiger partial charge is 0.508 e. The number of ether oxygens (including phenoxy) is 1. The molecule has 2 aromatic carbocycles. The van der Waals surface area contributed by atoms with E-state index in [4.69, 9.17) is 14.9 Å². The van der Waals surface area contributed by atoms with Crippen LogP contribution in [0, 0.1) is 5.92 Å². The third-order valence-electron chi connectivity index (χ3n) is 5.47. The van der Waals surface area contributed by atoms with Crippen LogP contribution in [0.15, 0.2) is 39.5 Å². The minimum absolute atomic E-state index is 0. The molecule has 1 aliphatic carbocycles. The zero-order chi connectivity index (χ0) is 22.3. The fourth-order valence-electron chi connectivity index (χ4n) is 3.75. The maximum atomic E-state index is 12.5. The summed E-state index contributed by atoms with van der Waals surface area (Å²) in [4.78, 5) is 25.0. The quantitative estimate of drug-likeness (QED) is 0.290. The first-order chi connectivity index (χ1) is 14.7. The Balaban J connectivity index is 0.00000289. The molecule has 170 valence electrons. The Kier molecular flexibility index (Phi) is 6.52. The van der Waals surface area contributed by atoms with Gasteiger partial charge in [-0.05, 0) is 43.9 Å². The van der Waals surface area contributed by atoms with Gasteiger partial charge in [0.1, 0.15) is 22.5 Å². The van der Waals surface area contributed by atoms with Gasteiger partial charge in [-0.15, -0.1) is 12.4 Å². The molecule has 0 unspecified atom stereocenters. The molecule has 3 aromatic rings. The fourth-order valence-corrected chi connectivity index (χ4v) is 3.75. The van der Waals surface area contributed by atoms with Crippen LogP contribution in [0.3, 0.4) is 0 Å². The van der Waals surface area contributed by atoms with E-state index in [1.807, 2.05) is 0 Å². The van der Waals surface area contributed by atoms with E-state index in [1.165, 1.54) is 18.2 Å². The van der Waals surface area contributed by atoms with Crippen LogP contribution in [0.1, 0.15) is 25.7 Å². The summed E-state index contributed by atoms with van der Waals surface area (Å²) in [6.07, 6.45) is 2.60. The smallest absolute Gasteiger partial charge is 0.314 e. The maximum Gasteiger partial charge on any atom is 0.314 e. The monoisotopic (exact) mass is 463 g/mol. The minimum Gasteiger partial charge on any atom is -0.508 e. The van der Waals surface area contributed by atoms with Crippen molar-refractivity contribution in [3.8, 4) is 40.1 Å². The van der Waals surface area contributed by atoms with E-state index in [1.54, 1.807) is 0 Å². The van der Waals surface area contributed by atoms with Crippen molar-refractivity contribution in [2.75, 3.05) is 0 Å². The Hall–Kier alpha value is -3.43. The molecule has 1 heterocycles. The Bertz CT molecular complexity index is 1230. The first-order valence-electron chi connectivity index (χ1n) is 9.77. The van der Waals surface area contributed by atoms with Gasteiger partial charge in [-0.3, -0.25) is 9.59 Å². The number of aromatic hydroxyl groups is 4. The lowest BCUT2D eigenvalue weighted by atomic mass is 9.86. The number of fused-ring (bicyclic) bond motifs is 1. The number of carbonyl (C=O) groups is 1. The number of benzene rings is 2. The topological polar surface area (TPSA) is 163 Å². The summed E-state index contributed by atoms with van der Waals surface area (Å²) in [5.41, 5.74) is 4.95. The van der Waals surface area contributed by atoms with Crippen LogP contribution in [0.4, 0.5) is 0 Å². The Morgan fingerprint density at radius 3 is 2.38 bits per heavy atom. The zero-order valence-electron chi connectivity index (χ0n) is 16.8. The molecular weight excluding hydrogens is 442 g/mol. The molecule has 0 atom stereocenters. The number of halogens is 1. The average Bonchev–Trinajstić information content (AvgIpc) is 2.72. The molecule has 4 rings (SSSR count). The molecule has 0 spiro atoms. The van der Waals surface area contributed by atoms with Crippen LogP contribution in [0.5, 0.6) is 28.7 Å². The summed E-state index contributed by atoms with van der Waals surface area (Å²) in [7, 11) is 0. The highest BCUT2D eigenvalue weighted by molar-refractivity contribution is 5.88. The molecule has 0 amide bonds. The lowest BCUT2D eigenvalue weighted by Gasteiger charge is -2.24. The molecule has 0 radical (unpaired) electrons. The molecule has 6 N–H and O–H groups in total. The molecule has 1 fully saturated rings. The van der Waals surface area contributed by atoms with E-state index in [0.29, 0.717) is 25.7 Å². The predicted molar refractivity (Wildman–Crippen MR) is 117 cm³/mol. The Morgan fingerprint density at radius 1 is 1.00 bits per heavy atom. The van der Waals surface area contributed by atoms with Gasteiger partial charge >= 0.3 is 5.97 Å². The molecule has 0 bridgehead atoms. The van der Waals surface area contributed by atoms with Crippen LogP contribution < -0.4 is 15.9 Å². The summed E-state index contributed by atoms with van der Waals surface area (Å²) >= 11 is 0. The summed E-state index contributed by atoms with van der Waals surface area (Å²) in [5.74, 6) is -3.23. The van der Waals surface area contributed by atoms with Gasteiger partial charge in [-0.1, -0.05) is 0 Å². The van der Waals surface area contributed by atoms with Crippen molar-refractivity contribution < 1.29 is 34.4 Å². The van der Waals surface area contributed by atoms with Crippen molar-refractivity contribution in [3.05, 3.63) is 40.6 Å². The number of phenolic OH excluding ortho intramolecular Hbond substituents is 3. The van der Waals surface area contributed by atoms with E-state index >= 15 is 0 Å². The van der Waals surface area contributed by atoms with Crippen LogP contribution in [0.25, 0.3) is 22.3 Å². The van der Waals surface area contributed by atoms with E-state index in [2.05, 4.69) is 0 Å². The van der Waals surface area contributed by atoms with Gasteiger partial charge in [0.05, 0.1) is 5.92 Å². The van der Waals surface area contributed by atoms with Gasteiger partial charge in [0, 0.05) is 23.7 Å². The average molecular weight is 464 g/mol. The molecule has 0 saturated heterocycles. The van der Waals surface area contributed by atoms with Gasteiger partial charge in [0.25, 0.3) is 0 Å². The van der Waals surface area contributed by atoms with Gasteiger partial charge in [0.15, 0.2) is 17.3 Å². The fraction of sp³-hybridized carbons (Fsp3) is 0.273. The molecule has 1 saturated carbocycles. The number of esters is 1. The summed E-state index contributed by atoms with van der Waals surface area (Å²) in [6.45, 7) is 0. The van der Waals surface area contributed by atoms with Crippen LogP contribution in [-0.4, -0.2) is 32.4 Å². The first-order valence-corrected chi connectivity index (χ1v) is 9.77. The predicted octanol–water partition coefficient (Wildman–Crippen LogP) is 3.13. The molecule has 32 heavy (non-hydrogen) atoms. The summed E-state index contributed by atoms with van der Waals surface area (Å²) < 4.78 is 10.9. The van der Waals surface area contributed by atoms with Crippen LogP contribution in [0.2, 0.25) is 0 Å². The summed E-state index contributed by atoms with van der Waals surface area (Å²) in [6, 6.07) is 5.99. The molecular formula is C22H22ClNO8. The van der Waals surface area contributed by atoms with Crippen molar-refractivity contribution in [2.24, 2.45) is 11.7 Å². The van der Waals surface area contributed by atoms with Crippen LogP contribution >= 0.6 is 12.4 Å². The SMILES string of the molecule is Cl.NC1CCC(C(=O)Oc2cc(-c3oc4cc(O)cc(O)c4c(=O)c3O)ccc2O)CC1. The highest BCUT2D eigenvalue weighted by atomic mass is 35.5. The van der Waals surface area contributed by atoms with Gasteiger partial charge < -0.3 is 35.3 Å². The molecule has 1 aromatic heterocycles. The normalized spacial score (nSPS) is 18.2. The zero-order valence-corrected chi connectivity index (χ0v) is 17.6. The van der Waals surface area contributed by atoms with Crippen LogP contribution in [-0.2, 0) is 4.79 Å². The second-order valence-electron chi connectivity index (χ2n) is 7.66. The third-order valence-corrected chi connectivity index (χ3v) is 5.47. The Morgan fingerprint density at radius 2 is 1.69 bits per heavy atom. The van der Waals surface area contributed by atoms with Crippen molar-refractivity contribution in [2.45, 2.75) is 31.7 Å². The second kappa shape index (κ2) is 8.97. The van der Waals surface area contributed by atoms with E-state index in [0.717, 1.165) is 12.1 Å². The van der Waals surface area contributed by atoms with Gasteiger partial charge in [0.2, 0.25) is 11.2 Å². The number of hydrogen-bond donors (Lipinski definition) is 5. The second-order valence-corrected chi connectivity index (χ2v) is 7.66. The first kappa shape index (κ1) is 23.2. The van der Waals surface area contributed by atoms with Crippen molar-refractivity contribution in [1.82, 2.24) is 0 Å². The van der Waals surface area contributed by atoms with Crippen molar-refractivity contribution >= 4 is 29.3 Å². The van der Waals surface area contributed by atoms with E-state index < -0.39 is 22.9 Å². The van der Waals surface area contributed by atoms with Gasteiger partial charge in [-0.2, -0.15) is 0 Å². The number of carbonyl (C=O) groups excluding carboxylic acids is 1.